The molecule has 2 rings (SSSR count). The summed E-state index contributed by atoms with van der Waals surface area (Å²) in [5.74, 6) is -0.676. The molecular formula is C14H11Cl2NO3. The average molecular weight is 312 g/mol. The number of esters is 1. The van der Waals surface area contributed by atoms with E-state index in [-0.39, 0.29) is 18.1 Å². The molecule has 0 amide bonds. The second-order valence-corrected chi connectivity index (χ2v) is 5.01. The van der Waals surface area contributed by atoms with E-state index in [1.165, 1.54) is 19.2 Å². The summed E-state index contributed by atoms with van der Waals surface area (Å²) in [5, 5.41) is 0.946. The minimum absolute atomic E-state index is 0.0310. The lowest BCUT2D eigenvalue weighted by molar-refractivity contribution is 0.0466. The first-order valence-electron chi connectivity index (χ1n) is 5.78. The highest BCUT2D eigenvalue weighted by Gasteiger charge is 2.13. The molecule has 0 atom stereocenters. The quantitative estimate of drug-likeness (QED) is 0.688. The van der Waals surface area contributed by atoms with Crippen LogP contribution in [0.3, 0.4) is 0 Å². The number of Topliss-reactive ketones (excluding diaryl/α,β-unsaturated/α-hetero) is 1. The van der Waals surface area contributed by atoms with Crippen molar-refractivity contribution in [1.82, 2.24) is 4.98 Å². The molecule has 1 heterocycles. The molecule has 2 aromatic rings. The van der Waals surface area contributed by atoms with E-state index < -0.39 is 5.97 Å². The van der Waals surface area contributed by atoms with Crippen LogP contribution in [-0.2, 0) is 11.3 Å². The van der Waals surface area contributed by atoms with E-state index in [1.54, 1.807) is 18.2 Å². The van der Waals surface area contributed by atoms with Gasteiger partial charge in [0, 0.05) is 27.4 Å². The number of nitrogens with one attached hydrogen (secondary N) is 1. The van der Waals surface area contributed by atoms with Crippen molar-refractivity contribution >= 4 is 35.0 Å². The lowest BCUT2D eigenvalue weighted by atomic mass is 10.2. The van der Waals surface area contributed by atoms with E-state index in [2.05, 4.69) is 4.98 Å². The van der Waals surface area contributed by atoms with Crippen LogP contribution < -0.4 is 0 Å². The topological polar surface area (TPSA) is 59.2 Å². The molecule has 1 aromatic heterocycles. The third kappa shape index (κ3) is 3.40. The van der Waals surface area contributed by atoms with E-state index in [9.17, 15) is 9.59 Å². The fourth-order valence-corrected chi connectivity index (χ4v) is 2.04. The van der Waals surface area contributed by atoms with Crippen LogP contribution >= 0.6 is 23.2 Å². The third-order valence-electron chi connectivity index (χ3n) is 2.68. The van der Waals surface area contributed by atoms with Gasteiger partial charge >= 0.3 is 5.97 Å². The predicted molar refractivity (Wildman–Crippen MR) is 76.4 cm³/mol. The number of aromatic amines is 1. The van der Waals surface area contributed by atoms with Crippen molar-refractivity contribution in [2.75, 3.05) is 0 Å². The number of hydrogen-bond acceptors (Lipinski definition) is 3. The van der Waals surface area contributed by atoms with E-state index >= 15 is 0 Å². The Bertz CT molecular complexity index is 664. The summed E-state index contributed by atoms with van der Waals surface area (Å²) in [4.78, 5) is 25.6. The number of rotatable bonds is 4. The molecule has 1 aromatic carbocycles. The molecule has 0 saturated carbocycles. The zero-order valence-corrected chi connectivity index (χ0v) is 12.1. The van der Waals surface area contributed by atoms with Gasteiger partial charge in [-0.1, -0.05) is 29.3 Å². The Balaban J connectivity index is 2.02. The van der Waals surface area contributed by atoms with Crippen LogP contribution in [0.1, 0.15) is 33.3 Å². The molecule has 20 heavy (non-hydrogen) atoms. The Hall–Kier alpha value is -1.78. The Morgan fingerprint density at radius 1 is 1.25 bits per heavy atom. The van der Waals surface area contributed by atoms with Gasteiger partial charge in [-0.2, -0.15) is 0 Å². The number of carbonyl (C=O) groups excluding carboxylic acids is 2. The smallest absolute Gasteiger partial charge is 0.355 e. The molecule has 0 unspecified atom stereocenters. The fourth-order valence-electron chi connectivity index (χ4n) is 1.58. The number of aromatic nitrogens is 1. The maximum Gasteiger partial charge on any atom is 0.355 e. The van der Waals surface area contributed by atoms with Gasteiger partial charge < -0.3 is 9.72 Å². The second-order valence-electron chi connectivity index (χ2n) is 4.17. The van der Waals surface area contributed by atoms with E-state index in [0.29, 0.717) is 21.2 Å². The van der Waals surface area contributed by atoms with E-state index in [0.717, 1.165) is 0 Å². The van der Waals surface area contributed by atoms with Crippen LogP contribution in [0.4, 0.5) is 0 Å². The molecule has 0 aliphatic carbocycles. The SMILES string of the molecule is CC(=O)c1c[nH]c(C(=O)OCc2ccc(Cl)cc2Cl)c1. The minimum atomic E-state index is -0.552. The van der Waals surface area contributed by atoms with Gasteiger partial charge in [-0.15, -0.1) is 0 Å². The van der Waals surface area contributed by atoms with Gasteiger partial charge in [0.05, 0.1) is 0 Å². The minimum Gasteiger partial charge on any atom is -0.456 e. The number of ether oxygens (including phenoxy) is 1. The number of carbonyl (C=O) groups is 2. The standard InChI is InChI=1S/C14H11Cl2NO3/c1-8(18)10-4-13(17-6-10)14(19)20-7-9-2-3-11(15)5-12(9)16/h2-6,17H,7H2,1H3. The Morgan fingerprint density at radius 3 is 2.60 bits per heavy atom. The highest BCUT2D eigenvalue weighted by Crippen LogP contribution is 2.21. The third-order valence-corrected chi connectivity index (χ3v) is 3.27. The van der Waals surface area contributed by atoms with Crippen LogP contribution in [0.15, 0.2) is 30.5 Å². The Labute approximate surface area is 125 Å². The van der Waals surface area contributed by atoms with Gasteiger partial charge in [0.2, 0.25) is 0 Å². The lowest BCUT2D eigenvalue weighted by Crippen LogP contribution is -2.05. The van der Waals surface area contributed by atoms with Gasteiger partial charge in [-0.05, 0) is 25.1 Å². The van der Waals surface area contributed by atoms with Crippen LogP contribution in [0.2, 0.25) is 10.0 Å². The number of benzene rings is 1. The summed E-state index contributed by atoms with van der Waals surface area (Å²) >= 11 is 11.8. The largest absolute Gasteiger partial charge is 0.456 e. The predicted octanol–water partition coefficient (Wildman–Crippen LogP) is 3.88. The van der Waals surface area contributed by atoms with Gasteiger partial charge in [0.1, 0.15) is 12.3 Å². The normalized spacial score (nSPS) is 10.3. The molecule has 0 spiro atoms. The summed E-state index contributed by atoms with van der Waals surface area (Å²) in [6.45, 7) is 1.45. The van der Waals surface area contributed by atoms with Crippen molar-refractivity contribution in [2.45, 2.75) is 13.5 Å². The van der Waals surface area contributed by atoms with Crippen molar-refractivity contribution < 1.29 is 14.3 Å². The summed E-state index contributed by atoms with van der Waals surface area (Å²) in [7, 11) is 0. The highest BCUT2D eigenvalue weighted by molar-refractivity contribution is 6.35. The molecule has 4 nitrogen and oxygen atoms in total. The van der Waals surface area contributed by atoms with Crippen LogP contribution in [0.25, 0.3) is 0 Å². The Kier molecular flexibility index (Phi) is 4.47. The maximum atomic E-state index is 11.8. The van der Waals surface area contributed by atoms with Crippen molar-refractivity contribution in [3.63, 3.8) is 0 Å². The summed E-state index contributed by atoms with van der Waals surface area (Å²) < 4.78 is 5.12. The number of hydrogen-bond donors (Lipinski definition) is 1. The van der Waals surface area contributed by atoms with Crippen molar-refractivity contribution in [1.29, 1.82) is 0 Å². The molecule has 0 aliphatic heterocycles. The number of H-pyrrole nitrogens is 1. The monoisotopic (exact) mass is 311 g/mol. The first-order chi connectivity index (χ1) is 9.47. The second kappa shape index (κ2) is 6.11. The maximum absolute atomic E-state index is 11.8. The number of halogens is 2. The molecule has 104 valence electrons. The molecule has 0 fully saturated rings. The Morgan fingerprint density at radius 2 is 2.00 bits per heavy atom. The van der Waals surface area contributed by atoms with Crippen LogP contribution in [0.5, 0.6) is 0 Å². The van der Waals surface area contributed by atoms with Crippen molar-refractivity contribution in [3.05, 3.63) is 57.3 Å². The summed E-state index contributed by atoms with van der Waals surface area (Å²) in [5.41, 5.74) is 1.31. The molecule has 6 heteroatoms. The fraction of sp³-hybridized carbons (Fsp3) is 0.143. The zero-order chi connectivity index (χ0) is 14.7. The van der Waals surface area contributed by atoms with E-state index in [1.807, 2.05) is 0 Å². The molecule has 0 bridgehead atoms. The molecule has 0 saturated heterocycles. The molecule has 0 radical (unpaired) electrons. The molecule has 1 N–H and O–H groups in total. The van der Waals surface area contributed by atoms with Gasteiger partial charge in [-0.25, -0.2) is 4.79 Å². The van der Waals surface area contributed by atoms with Gasteiger partial charge in [0.25, 0.3) is 0 Å². The first kappa shape index (κ1) is 14.6. The molecule has 0 aliphatic rings. The molecular weight excluding hydrogens is 301 g/mol. The van der Waals surface area contributed by atoms with Gasteiger partial charge in [0.15, 0.2) is 5.78 Å². The van der Waals surface area contributed by atoms with Crippen LogP contribution in [0, 0.1) is 0 Å². The van der Waals surface area contributed by atoms with Crippen molar-refractivity contribution in [2.24, 2.45) is 0 Å². The van der Waals surface area contributed by atoms with Crippen molar-refractivity contribution in [3.8, 4) is 0 Å². The van der Waals surface area contributed by atoms with E-state index in [4.69, 9.17) is 27.9 Å². The summed E-state index contributed by atoms with van der Waals surface area (Å²) in [6.07, 6.45) is 1.47. The zero-order valence-electron chi connectivity index (χ0n) is 10.6. The summed E-state index contributed by atoms with van der Waals surface area (Å²) in [6, 6.07) is 6.38. The highest BCUT2D eigenvalue weighted by atomic mass is 35.5. The number of ketones is 1. The lowest BCUT2D eigenvalue weighted by Gasteiger charge is -2.05. The van der Waals surface area contributed by atoms with Crippen LogP contribution in [-0.4, -0.2) is 16.7 Å². The first-order valence-corrected chi connectivity index (χ1v) is 6.53. The van der Waals surface area contributed by atoms with Gasteiger partial charge in [-0.3, -0.25) is 4.79 Å². The average Bonchev–Trinajstić information content (AvgIpc) is 2.87.